The van der Waals surface area contributed by atoms with Gasteiger partial charge in [0.05, 0.1) is 23.6 Å². The molecular weight excluding hydrogens is 378 g/mol. The maximum atomic E-state index is 12.6. The average Bonchev–Trinajstić information content (AvgIpc) is 2.92. The van der Waals surface area contributed by atoms with Crippen LogP contribution in [0.1, 0.15) is 44.8 Å². The first-order valence-electron chi connectivity index (χ1n) is 8.82. The van der Waals surface area contributed by atoms with Crippen LogP contribution >= 0.6 is 0 Å². The summed E-state index contributed by atoms with van der Waals surface area (Å²) in [5.74, 6) is -1.56. The van der Waals surface area contributed by atoms with Gasteiger partial charge in [-0.05, 0) is 26.0 Å². The first kappa shape index (κ1) is 20.0. The summed E-state index contributed by atoms with van der Waals surface area (Å²) < 4.78 is 5.31. The Labute approximate surface area is 166 Å². The largest absolute Gasteiger partial charge is 0.496 e. The van der Waals surface area contributed by atoms with E-state index in [0.29, 0.717) is 10.6 Å². The number of hydrogen-bond acceptors (Lipinski definition) is 6. The highest BCUT2D eigenvalue weighted by molar-refractivity contribution is 6.24. The topological polar surface area (TPSA) is 119 Å². The Hall–Kier alpha value is -3.75. The van der Waals surface area contributed by atoms with Gasteiger partial charge in [0.1, 0.15) is 17.9 Å². The van der Waals surface area contributed by atoms with Crippen LogP contribution in [0.4, 0.5) is 5.69 Å². The smallest absolute Gasteiger partial charge is 0.282 e. The van der Waals surface area contributed by atoms with Crippen LogP contribution in [0, 0.1) is 17.0 Å². The summed E-state index contributed by atoms with van der Waals surface area (Å²) >= 11 is 0. The molecule has 9 nitrogen and oxygen atoms in total. The standard InChI is InChI=1S/C20H19N3O6/c1-11-7-8-16(29-3)14(9-11)12(2)21-17(24)10-22-19(25)13-5-4-6-15(23(27)28)18(13)20(22)26/h4-9,12H,10H2,1-3H3,(H,21,24). The molecule has 0 saturated carbocycles. The number of amides is 3. The minimum Gasteiger partial charge on any atom is -0.496 e. The second kappa shape index (κ2) is 7.70. The van der Waals surface area contributed by atoms with Gasteiger partial charge in [-0.1, -0.05) is 23.8 Å². The molecule has 0 fully saturated rings. The van der Waals surface area contributed by atoms with E-state index < -0.39 is 40.9 Å². The lowest BCUT2D eigenvalue weighted by Crippen LogP contribution is -2.41. The number of nitro groups is 1. The van der Waals surface area contributed by atoms with E-state index in [1.165, 1.54) is 19.2 Å². The van der Waals surface area contributed by atoms with Crippen molar-refractivity contribution >= 4 is 23.4 Å². The lowest BCUT2D eigenvalue weighted by Gasteiger charge is -2.20. The Bertz CT molecular complexity index is 1030. The molecule has 1 N–H and O–H groups in total. The molecule has 0 saturated heterocycles. The first-order chi connectivity index (χ1) is 13.7. The van der Waals surface area contributed by atoms with Gasteiger partial charge >= 0.3 is 0 Å². The van der Waals surface area contributed by atoms with Crippen LogP contribution in [0.3, 0.4) is 0 Å². The highest BCUT2D eigenvalue weighted by Gasteiger charge is 2.41. The number of rotatable bonds is 6. The third-order valence-corrected chi connectivity index (χ3v) is 4.70. The Kier molecular flexibility index (Phi) is 5.31. The highest BCUT2D eigenvalue weighted by Crippen LogP contribution is 2.31. The second-order valence-electron chi connectivity index (χ2n) is 6.69. The fourth-order valence-electron chi connectivity index (χ4n) is 3.31. The fourth-order valence-corrected chi connectivity index (χ4v) is 3.31. The number of hydrogen-bond donors (Lipinski definition) is 1. The molecule has 150 valence electrons. The average molecular weight is 397 g/mol. The van der Waals surface area contributed by atoms with Crippen molar-refractivity contribution in [2.75, 3.05) is 13.7 Å². The van der Waals surface area contributed by atoms with Crippen molar-refractivity contribution < 1.29 is 24.0 Å². The molecule has 2 aromatic carbocycles. The summed E-state index contributed by atoms with van der Waals surface area (Å²) in [4.78, 5) is 48.7. The molecule has 3 rings (SSSR count). The Morgan fingerprint density at radius 3 is 2.62 bits per heavy atom. The van der Waals surface area contributed by atoms with Crippen molar-refractivity contribution in [1.29, 1.82) is 0 Å². The summed E-state index contributed by atoms with van der Waals surface area (Å²) in [6, 6.07) is 8.91. The fraction of sp³-hybridized carbons (Fsp3) is 0.250. The molecule has 1 unspecified atom stereocenters. The summed E-state index contributed by atoms with van der Waals surface area (Å²) in [6.45, 7) is 3.12. The van der Waals surface area contributed by atoms with Crippen molar-refractivity contribution in [2.45, 2.75) is 19.9 Å². The van der Waals surface area contributed by atoms with Crippen molar-refractivity contribution in [2.24, 2.45) is 0 Å². The molecule has 1 aliphatic heterocycles. The lowest BCUT2D eigenvalue weighted by atomic mass is 10.0. The van der Waals surface area contributed by atoms with E-state index in [1.807, 2.05) is 19.1 Å². The zero-order chi connectivity index (χ0) is 21.3. The molecule has 1 heterocycles. The number of aryl methyl sites for hydroxylation is 1. The Morgan fingerprint density at radius 1 is 1.24 bits per heavy atom. The number of nitrogens with zero attached hydrogens (tertiary/aromatic N) is 2. The van der Waals surface area contributed by atoms with Gasteiger partial charge in [0.25, 0.3) is 17.5 Å². The number of fused-ring (bicyclic) bond motifs is 1. The number of carbonyl (C=O) groups is 3. The zero-order valence-electron chi connectivity index (χ0n) is 16.1. The van der Waals surface area contributed by atoms with E-state index in [4.69, 9.17) is 4.74 Å². The van der Waals surface area contributed by atoms with Gasteiger partial charge in [0.2, 0.25) is 5.91 Å². The number of benzene rings is 2. The first-order valence-corrected chi connectivity index (χ1v) is 8.82. The van der Waals surface area contributed by atoms with E-state index in [1.54, 1.807) is 13.0 Å². The Morgan fingerprint density at radius 2 is 1.97 bits per heavy atom. The number of methoxy groups -OCH3 is 1. The lowest BCUT2D eigenvalue weighted by molar-refractivity contribution is -0.385. The van der Waals surface area contributed by atoms with Gasteiger partial charge in [0.15, 0.2) is 0 Å². The van der Waals surface area contributed by atoms with E-state index in [9.17, 15) is 24.5 Å². The molecule has 0 spiro atoms. The maximum Gasteiger partial charge on any atom is 0.282 e. The van der Waals surface area contributed by atoms with Crippen molar-refractivity contribution in [3.8, 4) is 5.75 Å². The molecule has 1 aliphatic rings. The zero-order valence-corrected chi connectivity index (χ0v) is 16.1. The second-order valence-corrected chi connectivity index (χ2v) is 6.69. The predicted molar refractivity (Wildman–Crippen MR) is 103 cm³/mol. The minimum absolute atomic E-state index is 0.0783. The quantitative estimate of drug-likeness (QED) is 0.454. The van der Waals surface area contributed by atoms with Gasteiger partial charge in [-0.2, -0.15) is 0 Å². The predicted octanol–water partition coefficient (Wildman–Crippen LogP) is 2.39. The third-order valence-electron chi connectivity index (χ3n) is 4.70. The van der Waals surface area contributed by atoms with Crippen LogP contribution < -0.4 is 10.1 Å². The van der Waals surface area contributed by atoms with Crippen LogP contribution in [0.15, 0.2) is 36.4 Å². The highest BCUT2D eigenvalue weighted by atomic mass is 16.6. The number of nitrogens with one attached hydrogen (secondary N) is 1. The molecule has 0 bridgehead atoms. The number of nitro benzene ring substituents is 1. The molecule has 0 aromatic heterocycles. The molecule has 3 amide bonds. The van der Waals surface area contributed by atoms with E-state index >= 15 is 0 Å². The Balaban J connectivity index is 1.77. The van der Waals surface area contributed by atoms with Gasteiger partial charge < -0.3 is 10.1 Å². The van der Waals surface area contributed by atoms with Crippen LogP contribution in [-0.2, 0) is 4.79 Å². The molecule has 2 aromatic rings. The number of imide groups is 1. The van der Waals surface area contributed by atoms with Crippen molar-refractivity contribution in [3.05, 3.63) is 68.8 Å². The van der Waals surface area contributed by atoms with Crippen LogP contribution in [0.25, 0.3) is 0 Å². The van der Waals surface area contributed by atoms with E-state index in [-0.39, 0.29) is 11.1 Å². The van der Waals surface area contributed by atoms with Crippen LogP contribution in [0.5, 0.6) is 5.75 Å². The number of carbonyl (C=O) groups excluding carboxylic acids is 3. The van der Waals surface area contributed by atoms with Crippen molar-refractivity contribution in [1.82, 2.24) is 10.2 Å². The molecule has 1 atom stereocenters. The van der Waals surface area contributed by atoms with Gasteiger partial charge in [-0.25, -0.2) is 0 Å². The maximum absolute atomic E-state index is 12.6. The number of ether oxygens (including phenoxy) is 1. The van der Waals surface area contributed by atoms with E-state index in [0.717, 1.165) is 17.2 Å². The minimum atomic E-state index is -0.853. The summed E-state index contributed by atoms with van der Waals surface area (Å²) in [6.07, 6.45) is 0. The third kappa shape index (κ3) is 3.66. The molecule has 0 radical (unpaired) electrons. The summed E-state index contributed by atoms with van der Waals surface area (Å²) in [5.41, 5.74) is 0.907. The monoisotopic (exact) mass is 397 g/mol. The molecular formula is C20H19N3O6. The molecule has 0 aliphatic carbocycles. The van der Waals surface area contributed by atoms with Gasteiger partial charge in [0, 0.05) is 11.6 Å². The van der Waals surface area contributed by atoms with Crippen molar-refractivity contribution in [3.63, 3.8) is 0 Å². The summed E-state index contributed by atoms with van der Waals surface area (Å²) in [7, 11) is 1.52. The van der Waals surface area contributed by atoms with Crippen LogP contribution in [-0.4, -0.2) is 41.2 Å². The van der Waals surface area contributed by atoms with Crippen LogP contribution in [0.2, 0.25) is 0 Å². The van der Waals surface area contributed by atoms with Gasteiger partial charge in [-0.15, -0.1) is 0 Å². The normalized spacial score (nSPS) is 13.8. The SMILES string of the molecule is COc1ccc(C)cc1C(C)NC(=O)CN1C(=O)c2cccc([N+](=O)[O-])c2C1=O. The summed E-state index contributed by atoms with van der Waals surface area (Å²) in [5, 5.41) is 13.9. The molecule has 29 heavy (non-hydrogen) atoms. The van der Waals surface area contributed by atoms with Gasteiger partial charge in [-0.3, -0.25) is 29.4 Å². The van der Waals surface area contributed by atoms with E-state index in [2.05, 4.69) is 5.32 Å². The molecule has 9 heteroatoms.